The number of methoxy groups -OCH3 is 1. The molecule has 0 aliphatic carbocycles. The van der Waals surface area contributed by atoms with Crippen molar-refractivity contribution in [2.24, 2.45) is 7.05 Å². The van der Waals surface area contributed by atoms with E-state index >= 15 is 0 Å². The van der Waals surface area contributed by atoms with Crippen LogP contribution in [0.5, 0.6) is 5.75 Å². The van der Waals surface area contributed by atoms with E-state index in [1.165, 1.54) is 11.1 Å². The Morgan fingerprint density at radius 2 is 1.77 bits per heavy atom. The van der Waals surface area contributed by atoms with Gasteiger partial charge >= 0.3 is 0 Å². The lowest BCUT2D eigenvalue weighted by molar-refractivity contribution is 0.186. The number of hydrogen-bond acceptors (Lipinski definition) is 4. The summed E-state index contributed by atoms with van der Waals surface area (Å²) in [6.45, 7) is 3.89. The lowest BCUT2D eigenvalue weighted by Crippen LogP contribution is -2.34. The SMILES string of the molecule is COc1ccccc1CC(C)N(Cc1ccccc1)Cc1cn(C)nn1. The summed E-state index contributed by atoms with van der Waals surface area (Å²) in [4.78, 5) is 2.44. The number of rotatable bonds is 8. The normalized spacial score (nSPS) is 12.3. The third-order valence-electron chi connectivity index (χ3n) is 4.57. The zero-order valence-electron chi connectivity index (χ0n) is 15.7. The van der Waals surface area contributed by atoms with Crippen LogP contribution >= 0.6 is 0 Å². The zero-order valence-corrected chi connectivity index (χ0v) is 15.7. The molecule has 0 bridgehead atoms. The van der Waals surface area contributed by atoms with Gasteiger partial charge in [0, 0.05) is 32.4 Å². The third kappa shape index (κ3) is 4.70. The van der Waals surface area contributed by atoms with Gasteiger partial charge < -0.3 is 4.74 Å². The van der Waals surface area contributed by atoms with E-state index < -0.39 is 0 Å². The summed E-state index contributed by atoms with van der Waals surface area (Å²) in [5.74, 6) is 0.943. The summed E-state index contributed by atoms with van der Waals surface area (Å²) in [6.07, 6.45) is 2.89. The Morgan fingerprint density at radius 1 is 1.04 bits per heavy atom. The molecule has 0 saturated carbocycles. The van der Waals surface area contributed by atoms with Crippen molar-refractivity contribution in [3.63, 3.8) is 0 Å². The van der Waals surface area contributed by atoms with Crippen molar-refractivity contribution in [2.75, 3.05) is 7.11 Å². The van der Waals surface area contributed by atoms with Crippen molar-refractivity contribution in [3.05, 3.63) is 77.6 Å². The topological polar surface area (TPSA) is 43.2 Å². The van der Waals surface area contributed by atoms with Gasteiger partial charge in [-0.1, -0.05) is 53.7 Å². The van der Waals surface area contributed by atoms with Crippen molar-refractivity contribution in [1.29, 1.82) is 0 Å². The summed E-state index contributed by atoms with van der Waals surface area (Å²) in [5, 5.41) is 8.33. The number of ether oxygens (including phenoxy) is 1. The van der Waals surface area contributed by atoms with Gasteiger partial charge in [0.25, 0.3) is 0 Å². The highest BCUT2D eigenvalue weighted by molar-refractivity contribution is 5.33. The number of aromatic nitrogens is 3. The van der Waals surface area contributed by atoms with Crippen LogP contribution in [0.3, 0.4) is 0 Å². The van der Waals surface area contributed by atoms with E-state index in [9.17, 15) is 0 Å². The molecular formula is C21H26N4O. The van der Waals surface area contributed by atoms with Crippen LogP contribution in [0, 0.1) is 0 Å². The van der Waals surface area contributed by atoms with Crippen molar-refractivity contribution in [2.45, 2.75) is 32.5 Å². The van der Waals surface area contributed by atoms with Crippen LogP contribution in [0.15, 0.2) is 60.8 Å². The number of para-hydroxylation sites is 1. The highest BCUT2D eigenvalue weighted by Gasteiger charge is 2.18. The van der Waals surface area contributed by atoms with E-state index in [4.69, 9.17) is 4.74 Å². The van der Waals surface area contributed by atoms with Gasteiger partial charge in [0.15, 0.2) is 0 Å². The van der Waals surface area contributed by atoms with E-state index in [1.54, 1.807) is 11.8 Å². The molecule has 1 unspecified atom stereocenters. The second-order valence-electron chi connectivity index (χ2n) is 6.64. The van der Waals surface area contributed by atoms with Crippen LogP contribution in [0.2, 0.25) is 0 Å². The maximum absolute atomic E-state index is 5.52. The second kappa shape index (κ2) is 8.63. The lowest BCUT2D eigenvalue weighted by Gasteiger charge is -2.29. The molecule has 0 aliphatic rings. The van der Waals surface area contributed by atoms with Gasteiger partial charge in [-0.15, -0.1) is 5.10 Å². The second-order valence-corrected chi connectivity index (χ2v) is 6.64. The molecule has 0 spiro atoms. The van der Waals surface area contributed by atoms with Gasteiger partial charge in [-0.25, -0.2) is 0 Å². The maximum Gasteiger partial charge on any atom is 0.122 e. The molecule has 26 heavy (non-hydrogen) atoms. The molecule has 3 aromatic rings. The predicted octanol–water partition coefficient (Wildman–Crippen LogP) is 3.46. The summed E-state index contributed by atoms with van der Waals surface area (Å²) < 4.78 is 7.27. The van der Waals surface area contributed by atoms with Crippen LogP contribution in [0.1, 0.15) is 23.7 Å². The van der Waals surface area contributed by atoms with Crippen LogP contribution in [-0.2, 0) is 26.6 Å². The molecule has 136 valence electrons. The Hall–Kier alpha value is -2.66. The van der Waals surface area contributed by atoms with Crippen molar-refractivity contribution < 1.29 is 4.74 Å². The molecule has 0 fully saturated rings. The minimum atomic E-state index is 0.327. The molecule has 0 saturated heterocycles. The number of aryl methyl sites for hydroxylation is 1. The Bertz CT molecular complexity index is 816. The average molecular weight is 350 g/mol. The third-order valence-corrected chi connectivity index (χ3v) is 4.57. The molecule has 5 nitrogen and oxygen atoms in total. The number of nitrogens with zero attached hydrogens (tertiary/aromatic N) is 4. The van der Waals surface area contributed by atoms with E-state index in [0.29, 0.717) is 6.04 Å². The first-order valence-electron chi connectivity index (χ1n) is 8.91. The van der Waals surface area contributed by atoms with Gasteiger partial charge in [0.2, 0.25) is 0 Å². The molecule has 1 aromatic heterocycles. The maximum atomic E-state index is 5.52. The summed E-state index contributed by atoms with van der Waals surface area (Å²) in [6, 6.07) is 19.1. The first-order valence-corrected chi connectivity index (χ1v) is 8.91. The van der Waals surface area contributed by atoms with Crippen LogP contribution in [0.4, 0.5) is 0 Å². The monoisotopic (exact) mass is 350 g/mol. The molecule has 0 amide bonds. The zero-order chi connectivity index (χ0) is 18.4. The summed E-state index contributed by atoms with van der Waals surface area (Å²) >= 11 is 0. The molecule has 5 heteroatoms. The molecular weight excluding hydrogens is 324 g/mol. The summed E-state index contributed by atoms with van der Waals surface area (Å²) in [7, 11) is 3.63. The quantitative estimate of drug-likeness (QED) is 0.624. The number of benzene rings is 2. The van der Waals surface area contributed by atoms with Gasteiger partial charge in [0.1, 0.15) is 5.75 Å². The molecule has 1 atom stereocenters. The largest absolute Gasteiger partial charge is 0.496 e. The van der Waals surface area contributed by atoms with E-state index in [2.05, 4.69) is 64.6 Å². The molecule has 3 rings (SSSR count). The smallest absolute Gasteiger partial charge is 0.122 e. The van der Waals surface area contributed by atoms with Gasteiger partial charge in [-0.3, -0.25) is 9.58 Å². The van der Waals surface area contributed by atoms with Crippen molar-refractivity contribution >= 4 is 0 Å². The van der Waals surface area contributed by atoms with Crippen LogP contribution < -0.4 is 4.74 Å². The van der Waals surface area contributed by atoms with E-state index in [1.807, 2.05) is 25.4 Å². The van der Waals surface area contributed by atoms with Crippen molar-refractivity contribution in [1.82, 2.24) is 19.9 Å². The van der Waals surface area contributed by atoms with E-state index in [0.717, 1.165) is 31.0 Å². The highest BCUT2D eigenvalue weighted by Crippen LogP contribution is 2.22. The van der Waals surface area contributed by atoms with E-state index in [-0.39, 0.29) is 0 Å². The Balaban J connectivity index is 1.78. The standard InChI is InChI=1S/C21H26N4O/c1-17(13-19-11-7-8-12-21(19)26-3)25(14-18-9-5-4-6-10-18)16-20-15-24(2)23-22-20/h4-12,15,17H,13-14,16H2,1-3H3. The minimum Gasteiger partial charge on any atom is -0.496 e. The van der Waals surface area contributed by atoms with Gasteiger partial charge in [0.05, 0.1) is 12.8 Å². The molecule has 1 heterocycles. The Labute approximate surface area is 155 Å². The Morgan fingerprint density at radius 3 is 2.46 bits per heavy atom. The number of hydrogen-bond donors (Lipinski definition) is 0. The average Bonchev–Trinajstić information content (AvgIpc) is 3.07. The lowest BCUT2D eigenvalue weighted by atomic mass is 10.0. The fraction of sp³-hybridized carbons (Fsp3) is 0.333. The Kier molecular flexibility index (Phi) is 6.02. The van der Waals surface area contributed by atoms with Crippen LogP contribution in [-0.4, -0.2) is 33.0 Å². The first kappa shape index (κ1) is 18.1. The van der Waals surface area contributed by atoms with Crippen molar-refractivity contribution in [3.8, 4) is 5.75 Å². The molecule has 0 radical (unpaired) electrons. The van der Waals surface area contributed by atoms with Gasteiger partial charge in [-0.2, -0.15) is 0 Å². The molecule has 0 N–H and O–H groups in total. The fourth-order valence-electron chi connectivity index (χ4n) is 3.18. The summed E-state index contributed by atoms with van der Waals surface area (Å²) in [5.41, 5.74) is 3.50. The van der Waals surface area contributed by atoms with Crippen LogP contribution in [0.25, 0.3) is 0 Å². The minimum absolute atomic E-state index is 0.327. The molecule has 0 aliphatic heterocycles. The van der Waals surface area contributed by atoms with Gasteiger partial charge in [-0.05, 0) is 30.5 Å². The highest BCUT2D eigenvalue weighted by atomic mass is 16.5. The molecule has 2 aromatic carbocycles. The first-order chi connectivity index (χ1) is 12.7. The fourth-order valence-corrected chi connectivity index (χ4v) is 3.18. The predicted molar refractivity (Wildman–Crippen MR) is 103 cm³/mol.